The normalized spacial score (nSPS) is 10.5. The van der Waals surface area contributed by atoms with Crippen LogP contribution in [0.2, 0.25) is 0 Å². The molecule has 0 radical (unpaired) electrons. The molecule has 2 heterocycles. The zero-order valence-electron chi connectivity index (χ0n) is 11.3. The van der Waals surface area contributed by atoms with E-state index in [4.69, 9.17) is 10.5 Å². The standard InChI is InChI=1S/C15H12N4O2/c1-21-14(20)12-8-17-6-5-10(12)11-4-2-3-9-7-18-15(16)19-13(9)11/h2-8H,1H3,(H2,16,18,19). The minimum absolute atomic E-state index is 0.184. The van der Waals surface area contributed by atoms with Crippen molar-refractivity contribution >= 4 is 22.8 Å². The van der Waals surface area contributed by atoms with E-state index in [1.807, 2.05) is 18.2 Å². The summed E-state index contributed by atoms with van der Waals surface area (Å²) in [6.07, 6.45) is 4.75. The second-order valence-corrected chi connectivity index (χ2v) is 4.38. The van der Waals surface area contributed by atoms with Crippen LogP contribution in [0.5, 0.6) is 0 Å². The van der Waals surface area contributed by atoms with Crippen LogP contribution >= 0.6 is 0 Å². The molecule has 2 aromatic heterocycles. The van der Waals surface area contributed by atoms with Gasteiger partial charge in [-0.05, 0) is 6.07 Å². The van der Waals surface area contributed by atoms with E-state index in [0.717, 1.165) is 10.9 Å². The van der Waals surface area contributed by atoms with Crippen LogP contribution in [-0.2, 0) is 4.74 Å². The van der Waals surface area contributed by atoms with E-state index in [0.29, 0.717) is 16.6 Å². The highest BCUT2D eigenvalue weighted by molar-refractivity contribution is 6.02. The molecule has 6 heteroatoms. The van der Waals surface area contributed by atoms with Gasteiger partial charge in [-0.15, -0.1) is 0 Å². The number of hydrogen-bond donors (Lipinski definition) is 1. The van der Waals surface area contributed by atoms with Gasteiger partial charge in [-0.25, -0.2) is 14.8 Å². The number of aromatic nitrogens is 3. The monoisotopic (exact) mass is 280 g/mol. The second kappa shape index (κ2) is 5.16. The van der Waals surface area contributed by atoms with Crippen molar-refractivity contribution in [3.05, 3.63) is 48.4 Å². The quantitative estimate of drug-likeness (QED) is 0.722. The largest absolute Gasteiger partial charge is 0.465 e. The number of fused-ring (bicyclic) bond motifs is 1. The maximum atomic E-state index is 11.9. The molecule has 3 aromatic rings. The number of hydrogen-bond acceptors (Lipinski definition) is 6. The fourth-order valence-electron chi connectivity index (χ4n) is 2.19. The smallest absolute Gasteiger partial charge is 0.340 e. The number of benzene rings is 1. The maximum absolute atomic E-state index is 11.9. The molecule has 0 saturated heterocycles. The Bertz CT molecular complexity index is 833. The fourth-order valence-corrected chi connectivity index (χ4v) is 2.19. The molecule has 0 bridgehead atoms. The van der Waals surface area contributed by atoms with Crippen LogP contribution in [0.3, 0.4) is 0 Å². The van der Waals surface area contributed by atoms with Crippen LogP contribution in [0.4, 0.5) is 5.95 Å². The summed E-state index contributed by atoms with van der Waals surface area (Å²) in [4.78, 5) is 24.1. The first kappa shape index (κ1) is 13.0. The van der Waals surface area contributed by atoms with Crippen molar-refractivity contribution < 1.29 is 9.53 Å². The number of nitrogen functional groups attached to an aromatic ring is 1. The van der Waals surface area contributed by atoms with Gasteiger partial charge in [0.25, 0.3) is 0 Å². The minimum Gasteiger partial charge on any atom is -0.465 e. The third kappa shape index (κ3) is 2.27. The van der Waals surface area contributed by atoms with Gasteiger partial charge in [-0.3, -0.25) is 4.98 Å². The number of rotatable bonds is 2. The van der Waals surface area contributed by atoms with Crippen molar-refractivity contribution in [2.75, 3.05) is 12.8 Å². The van der Waals surface area contributed by atoms with Gasteiger partial charge in [0.15, 0.2) is 0 Å². The summed E-state index contributed by atoms with van der Waals surface area (Å²) in [5.74, 6) is -0.263. The van der Waals surface area contributed by atoms with Crippen LogP contribution in [0.1, 0.15) is 10.4 Å². The highest BCUT2D eigenvalue weighted by atomic mass is 16.5. The number of nitrogens with zero attached hydrogens (tertiary/aromatic N) is 3. The Hall–Kier alpha value is -3.02. The first-order valence-electron chi connectivity index (χ1n) is 6.24. The van der Waals surface area contributed by atoms with Crippen molar-refractivity contribution in [3.8, 4) is 11.1 Å². The lowest BCUT2D eigenvalue weighted by atomic mass is 9.99. The van der Waals surface area contributed by atoms with Crippen LogP contribution in [0, 0.1) is 0 Å². The Morgan fingerprint density at radius 3 is 2.86 bits per heavy atom. The van der Waals surface area contributed by atoms with Gasteiger partial charge in [0.1, 0.15) is 0 Å². The molecule has 3 rings (SSSR count). The highest BCUT2D eigenvalue weighted by Crippen LogP contribution is 2.29. The third-order valence-corrected chi connectivity index (χ3v) is 3.15. The van der Waals surface area contributed by atoms with E-state index in [1.165, 1.54) is 13.3 Å². The topological polar surface area (TPSA) is 91.0 Å². The molecular weight excluding hydrogens is 268 g/mol. The highest BCUT2D eigenvalue weighted by Gasteiger charge is 2.15. The molecule has 0 saturated carbocycles. The van der Waals surface area contributed by atoms with Crippen LogP contribution in [0.15, 0.2) is 42.9 Å². The predicted octanol–water partition coefficient (Wildman–Crippen LogP) is 2.06. The minimum atomic E-state index is -0.447. The first-order valence-corrected chi connectivity index (χ1v) is 6.24. The summed E-state index contributed by atoms with van der Waals surface area (Å²) in [5, 5.41) is 0.842. The van der Waals surface area contributed by atoms with Gasteiger partial charge in [0, 0.05) is 35.1 Å². The van der Waals surface area contributed by atoms with Gasteiger partial charge >= 0.3 is 5.97 Å². The summed E-state index contributed by atoms with van der Waals surface area (Å²) >= 11 is 0. The lowest BCUT2D eigenvalue weighted by Crippen LogP contribution is -2.04. The second-order valence-electron chi connectivity index (χ2n) is 4.38. The SMILES string of the molecule is COC(=O)c1cnccc1-c1cccc2cnc(N)nc12. The summed E-state index contributed by atoms with van der Waals surface area (Å²) < 4.78 is 4.80. The molecular formula is C15H12N4O2. The molecule has 0 atom stereocenters. The number of anilines is 1. The van der Waals surface area contributed by atoms with E-state index in [1.54, 1.807) is 18.5 Å². The van der Waals surface area contributed by atoms with Gasteiger partial charge in [0.2, 0.25) is 5.95 Å². The van der Waals surface area contributed by atoms with Gasteiger partial charge < -0.3 is 10.5 Å². The molecule has 0 fully saturated rings. The predicted molar refractivity (Wildman–Crippen MR) is 78.5 cm³/mol. The zero-order chi connectivity index (χ0) is 14.8. The zero-order valence-corrected chi connectivity index (χ0v) is 11.3. The van der Waals surface area contributed by atoms with Crippen LogP contribution in [-0.4, -0.2) is 28.0 Å². The van der Waals surface area contributed by atoms with Crippen molar-refractivity contribution in [1.82, 2.24) is 15.0 Å². The maximum Gasteiger partial charge on any atom is 0.340 e. The van der Waals surface area contributed by atoms with E-state index < -0.39 is 5.97 Å². The Labute approximate surface area is 120 Å². The number of methoxy groups -OCH3 is 1. The number of para-hydroxylation sites is 1. The number of esters is 1. The number of carbonyl (C=O) groups excluding carboxylic acids is 1. The van der Waals surface area contributed by atoms with Crippen molar-refractivity contribution in [2.45, 2.75) is 0 Å². The molecule has 1 aromatic carbocycles. The van der Waals surface area contributed by atoms with Gasteiger partial charge in [0.05, 0.1) is 18.2 Å². The summed E-state index contributed by atoms with van der Waals surface area (Å²) in [5.41, 5.74) is 8.21. The molecule has 104 valence electrons. The average molecular weight is 280 g/mol. The molecule has 21 heavy (non-hydrogen) atoms. The van der Waals surface area contributed by atoms with E-state index in [-0.39, 0.29) is 5.95 Å². The van der Waals surface area contributed by atoms with Crippen molar-refractivity contribution in [3.63, 3.8) is 0 Å². The van der Waals surface area contributed by atoms with Crippen molar-refractivity contribution in [2.24, 2.45) is 0 Å². The number of carbonyl (C=O) groups is 1. The Balaban J connectivity index is 2.31. The molecule has 0 spiro atoms. The van der Waals surface area contributed by atoms with Crippen molar-refractivity contribution in [1.29, 1.82) is 0 Å². The fraction of sp³-hybridized carbons (Fsp3) is 0.0667. The Morgan fingerprint density at radius 2 is 2.05 bits per heavy atom. The molecule has 0 amide bonds. The Kier molecular flexibility index (Phi) is 3.19. The molecule has 6 nitrogen and oxygen atoms in total. The summed E-state index contributed by atoms with van der Waals surface area (Å²) in [7, 11) is 1.34. The lowest BCUT2D eigenvalue weighted by molar-refractivity contribution is 0.0601. The lowest BCUT2D eigenvalue weighted by Gasteiger charge is -2.09. The van der Waals surface area contributed by atoms with E-state index in [2.05, 4.69) is 15.0 Å². The molecule has 0 aliphatic carbocycles. The summed E-state index contributed by atoms with van der Waals surface area (Å²) in [6.45, 7) is 0. The number of pyridine rings is 1. The number of ether oxygens (including phenoxy) is 1. The van der Waals surface area contributed by atoms with Crippen LogP contribution in [0.25, 0.3) is 22.0 Å². The summed E-state index contributed by atoms with van der Waals surface area (Å²) in [6, 6.07) is 7.38. The average Bonchev–Trinajstić information content (AvgIpc) is 2.53. The molecule has 0 aliphatic rings. The third-order valence-electron chi connectivity index (χ3n) is 3.15. The Morgan fingerprint density at radius 1 is 1.19 bits per heavy atom. The number of nitrogens with two attached hydrogens (primary N) is 1. The molecule has 0 aliphatic heterocycles. The van der Waals surface area contributed by atoms with Gasteiger partial charge in [-0.2, -0.15) is 0 Å². The van der Waals surface area contributed by atoms with E-state index in [9.17, 15) is 4.79 Å². The van der Waals surface area contributed by atoms with E-state index >= 15 is 0 Å². The first-order chi connectivity index (χ1) is 10.2. The van der Waals surface area contributed by atoms with Gasteiger partial charge in [-0.1, -0.05) is 18.2 Å². The molecule has 2 N–H and O–H groups in total. The van der Waals surface area contributed by atoms with Crippen LogP contribution < -0.4 is 5.73 Å². The molecule has 0 unspecified atom stereocenters.